The molecule has 1 aromatic carbocycles. The molecule has 0 radical (unpaired) electrons. The average molecular weight is 259 g/mol. The van der Waals surface area contributed by atoms with Gasteiger partial charge < -0.3 is 16.0 Å². The van der Waals surface area contributed by atoms with E-state index in [1.54, 1.807) is 24.3 Å². The fourth-order valence-corrected chi connectivity index (χ4v) is 1.81. The van der Waals surface area contributed by atoms with E-state index in [0.29, 0.717) is 23.3 Å². The number of benzene rings is 1. The third-order valence-electron chi connectivity index (χ3n) is 3.21. The molecule has 0 atom stereocenters. The van der Waals surface area contributed by atoms with Gasteiger partial charge in [0.1, 0.15) is 0 Å². The Balaban J connectivity index is 1.60. The monoisotopic (exact) mass is 259 g/mol. The Hall–Kier alpha value is -2.04. The van der Waals surface area contributed by atoms with Crippen LogP contribution in [0, 0.1) is 0 Å². The maximum atomic E-state index is 11.9. The highest BCUT2D eigenvalue weighted by Crippen LogP contribution is 2.20. The van der Waals surface area contributed by atoms with Crippen LogP contribution < -0.4 is 16.0 Å². The lowest BCUT2D eigenvalue weighted by Crippen LogP contribution is -2.30. The van der Waals surface area contributed by atoms with Gasteiger partial charge in [-0.2, -0.15) is 0 Å². The first-order valence-electron chi connectivity index (χ1n) is 6.69. The zero-order chi connectivity index (χ0) is 13.2. The molecular formula is C14H17N3O2. The van der Waals surface area contributed by atoms with Gasteiger partial charge in [-0.05, 0) is 43.9 Å². The molecule has 2 aliphatic carbocycles. The van der Waals surface area contributed by atoms with Crippen LogP contribution in [0.3, 0.4) is 0 Å². The lowest BCUT2D eigenvalue weighted by molar-refractivity contribution is 0.0951. The van der Waals surface area contributed by atoms with Crippen molar-refractivity contribution >= 4 is 17.6 Å². The van der Waals surface area contributed by atoms with Gasteiger partial charge in [-0.25, -0.2) is 4.79 Å². The molecule has 0 heterocycles. The Bertz CT molecular complexity index is 507. The van der Waals surface area contributed by atoms with Crippen molar-refractivity contribution in [2.24, 2.45) is 0 Å². The van der Waals surface area contributed by atoms with Crippen molar-refractivity contribution in [2.75, 3.05) is 5.32 Å². The molecule has 0 unspecified atom stereocenters. The van der Waals surface area contributed by atoms with Gasteiger partial charge in [0.05, 0.1) is 0 Å². The number of hydrogen-bond acceptors (Lipinski definition) is 2. The van der Waals surface area contributed by atoms with Crippen molar-refractivity contribution in [1.29, 1.82) is 0 Å². The summed E-state index contributed by atoms with van der Waals surface area (Å²) in [6.07, 6.45) is 4.23. The molecule has 0 spiro atoms. The average Bonchev–Trinajstić information content (AvgIpc) is 3.25. The highest BCUT2D eigenvalue weighted by atomic mass is 16.2. The Morgan fingerprint density at radius 1 is 1.00 bits per heavy atom. The van der Waals surface area contributed by atoms with Crippen LogP contribution in [0.15, 0.2) is 24.3 Å². The molecule has 0 aromatic heterocycles. The smallest absolute Gasteiger partial charge is 0.319 e. The maximum Gasteiger partial charge on any atom is 0.319 e. The molecule has 3 amide bonds. The first-order valence-corrected chi connectivity index (χ1v) is 6.69. The molecule has 2 saturated carbocycles. The SMILES string of the molecule is O=C(Nc1cccc(C(=O)NC2CC2)c1)NC1CC1. The number of urea groups is 1. The summed E-state index contributed by atoms with van der Waals surface area (Å²) in [6.45, 7) is 0. The largest absolute Gasteiger partial charge is 0.349 e. The fourth-order valence-electron chi connectivity index (χ4n) is 1.81. The summed E-state index contributed by atoms with van der Waals surface area (Å²) in [7, 11) is 0. The summed E-state index contributed by atoms with van der Waals surface area (Å²) in [5.41, 5.74) is 1.22. The first-order chi connectivity index (χ1) is 9.20. The number of nitrogens with one attached hydrogen (secondary N) is 3. The third-order valence-corrected chi connectivity index (χ3v) is 3.21. The van der Waals surface area contributed by atoms with Gasteiger partial charge in [0.2, 0.25) is 0 Å². The van der Waals surface area contributed by atoms with Crippen molar-refractivity contribution in [3.05, 3.63) is 29.8 Å². The number of rotatable bonds is 4. The normalized spacial score (nSPS) is 17.7. The van der Waals surface area contributed by atoms with Gasteiger partial charge in [-0.1, -0.05) is 6.07 Å². The third kappa shape index (κ3) is 3.47. The van der Waals surface area contributed by atoms with Gasteiger partial charge in [0, 0.05) is 23.3 Å². The minimum Gasteiger partial charge on any atom is -0.349 e. The summed E-state index contributed by atoms with van der Waals surface area (Å²) in [6, 6.07) is 7.45. The van der Waals surface area contributed by atoms with E-state index in [-0.39, 0.29) is 11.9 Å². The van der Waals surface area contributed by atoms with E-state index in [1.165, 1.54) is 0 Å². The van der Waals surface area contributed by atoms with Crippen molar-refractivity contribution < 1.29 is 9.59 Å². The van der Waals surface area contributed by atoms with E-state index in [1.807, 2.05) is 0 Å². The predicted octanol–water partition coefficient (Wildman–Crippen LogP) is 1.86. The van der Waals surface area contributed by atoms with Crippen LogP contribution in [0.5, 0.6) is 0 Å². The van der Waals surface area contributed by atoms with Crippen LogP contribution in [0.25, 0.3) is 0 Å². The van der Waals surface area contributed by atoms with E-state index < -0.39 is 0 Å². The molecule has 0 saturated heterocycles. The maximum absolute atomic E-state index is 11.9. The molecule has 19 heavy (non-hydrogen) atoms. The van der Waals surface area contributed by atoms with Crippen LogP contribution in [-0.4, -0.2) is 24.0 Å². The first kappa shape index (κ1) is 12.0. The lowest BCUT2D eigenvalue weighted by Gasteiger charge is -2.08. The molecule has 3 rings (SSSR count). The van der Waals surface area contributed by atoms with Crippen molar-refractivity contribution in [3.8, 4) is 0 Å². The summed E-state index contributed by atoms with van der Waals surface area (Å²) in [4.78, 5) is 23.5. The molecule has 5 nitrogen and oxygen atoms in total. The Labute approximate surface area is 111 Å². The molecule has 100 valence electrons. The van der Waals surface area contributed by atoms with E-state index >= 15 is 0 Å². The van der Waals surface area contributed by atoms with Gasteiger partial charge >= 0.3 is 6.03 Å². The standard InChI is InChI=1S/C14H17N3O2/c18-13(15-10-4-5-10)9-2-1-3-12(8-9)17-14(19)16-11-6-7-11/h1-3,8,10-11H,4-7H2,(H,15,18)(H2,16,17,19). The second-order valence-electron chi connectivity index (χ2n) is 5.20. The van der Waals surface area contributed by atoms with E-state index in [2.05, 4.69) is 16.0 Å². The molecule has 3 N–H and O–H groups in total. The van der Waals surface area contributed by atoms with E-state index in [9.17, 15) is 9.59 Å². The zero-order valence-electron chi connectivity index (χ0n) is 10.6. The molecular weight excluding hydrogens is 242 g/mol. The highest BCUT2D eigenvalue weighted by Gasteiger charge is 2.24. The predicted molar refractivity (Wildman–Crippen MR) is 72.1 cm³/mol. The lowest BCUT2D eigenvalue weighted by atomic mass is 10.2. The molecule has 2 aliphatic rings. The van der Waals surface area contributed by atoms with Gasteiger partial charge in [0.15, 0.2) is 0 Å². The molecule has 5 heteroatoms. The summed E-state index contributed by atoms with van der Waals surface area (Å²) < 4.78 is 0. The number of carbonyl (C=O) groups is 2. The van der Waals surface area contributed by atoms with Crippen LogP contribution in [-0.2, 0) is 0 Å². The van der Waals surface area contributed by atoms with Gasteiger partial charge in [0.25, 0.3) is 5.91 Å². The fraction of sp³-hybridized carbons (Fsp3) is 0.429. The Morgan fingerprint density at radius 2 is 1.68 bits per heavy atom. The molecule has 2 fully saturated rings. The highest BCUT2D eigenvalue weighted by molar-refractivity contribution is 5.97. The van der Waals surface area contributed by atoms with Crippen LogP contribution in [0.4, 0.5) is 10.5 Å². The number of anilines is 1. The van der Waals surface area contributed by atoms with Crippen molar-refractivity contribution in [3.63, 3.8) is 0 Å². The molecule has 1 aromatic rings. The second kappa shape index (κ2) is 4.91. The minimum absolute atomic E-state index is 0.0752. The molecule has 0 bridgehead atoms. The number of amides is 3. The zero-order valence-corrected chi connectivity index (χ0v) is 10.6. The summed E-state index contributed by atoms with van der Waals surface area (Å²) >= 11 is 0. The number of hydrogen-bond donors (Lipinski definition) is 3. The topological polar surface area (TPSA) is 70.2 Å². The summed E-state index contributed by atoms with van der Waals surface area (Å²) in [5.74, 6) is -0.0752. The Kier molecular flexibility index (Phi) is 3.11. The Morgan fingerprint density at radius 3 is 2.37 bits per heavy atom. The molecule has 0 aliphatic heterocycles. The van der Waals surface area contributed by atoms with Crippen molar-refractivity contribution in [2.45, 2.75) is 37.8 Å². The van der Waals surface area contributed by atoms with Gasteiger partial charge in [-0.15, -0.1) is 0 Å². The van der Waals surface area contributed by atoms with E-state index in [4.69, 9.17) is 0 Å². The quantitative estimate of drug-likeness (QED) is 0.772. The number of carbonyl (C=O) groups excluding carboxylic acids is 2. The van der Waals surface area contributed by atoms with Gasteiger partial charge in [-0.3, -0.25) is 4.79 Å². The van der Waals surface area contributed by atoms with Crippen LogP contribution in [0.2, 0.25) is 0 Å². The van der Waals surface area contributed by atoms with Crippen molar-refractivity contribution in [1.82, 2.24) is 10.6 Å². The van der Waals surface area contributed by atoms with Crippen LogP contribution in [0.1, 0.15) is 36.0 Å². The van der Waals surface area contributed by atoms with E-state index in [0.717, 1.165) is 25.7 Å². The minimum atomic E-state index is -0.206. The summed E-state index contributed by atoms with van der Waals surface area (Å²) in [5, 5.41) is 8.52. The van der Waals surface area contributed by atoms with Crippen LogP contribution >= 0.6 is 0 Å². The second-order valence-corrected chi connectivity index (χ2v) is 5.20.